The molecule has 0 saturated carbocycles. The van der Waals surface area contributed by atoms with Crippen LogP contribution in [0.1, 0.15) is 47.1 Å². The summed E-state index contributed by atoms with van der Waals surface area (Å²) in [6, 6.07) is 3.16. The number of esters is 1. The number of nitrogens with two attached hydrogens (primary N) is 1. The Balaban J connectivity index is 2.81. The number of carbonyl (C=O) groups excluding carboxylic acids is 4. The lowest BCUT2D eigenvalue weighted by Gasteiger charge is -2.22. The molecule has 2 N–H and O–H groups in total. The predicted molar refractivity (Wildman–Crippen MR) is 126 cm³/mol. The van der Waals surface area contributed by atoms with Gasteiger partial charge in [-0.25, -0.2) is 14.4 Å². The second kappa shape index (κ2) is 15.5. The monoisotopic (exact) mass is 513 g/mol. The second-order valence-electron chi connectivity index (χ2n) is 8.08. The lowest BCUT2D eigenvalue weighted by molar-refractivity contribution is -0.155. The van der Waals surface area contributed by atoms with Crippen LogP contribution in [0.5, 0.6) is 11.5 Å². The fourth-order valence-corrected chi connectivity index (χ4v) is 2.54. The van der Waals surface area contributed by atoms with Crippen molar-refractivity contribution in [2.24, 2.45) is 11.7 Å². The first-order valence-electron chi connectivity index (χ1n) is 11.6. The molecular weight excluding hydrogens is 478 g/mol. The normalized spacial score (nSPS) is 13.1. The molecule has 12 heteroatoms. The lowest BCUT2D eigenvalue weighted by Crippen LogP contribution is -2.39. The summed E-state index contributed by atoms with van der Waals surface area (Å²) >= 11 is 0. The van der Waals surface area contributed by atoms with Gasteiger partial charge in [0.25, 0.3) is 0 Å². The van der Waals surface area contributed by atoms with Crippen LogP contribution in [0.15, 0.2) is 18.2 Å². The Morgan fingerprint density at radius 1 is 0.778 bits per heavy atom. The topological polar surface area (TPSA) is 159 Å². The molecule has 1 aromatic rings. The molecule has 0 fully saturated rings. The summed E-state index contributed by atoms with van der Waals surface area (Å²) in [5.74, 6) is -0.816. The molecule has 12 nitrogen and oxygen atoms in total. The molecule has 0 amide bonds. The SMILES string of the molecule is CCOC(=O)Oc1ccc(C[C@H](N)C(=O)O[C@H](C)C(C)OC(=O)OCC(C)C)cc1OC(=O)OCC. The van der Waals surface area contributed by atoms with Gasteiger partial charge in [-0.1, -0.05) is 19.9 Å². The molecule has 1 aromatic carbocycles. The van der Waals surface area contributed by atoms with Gasteiger partial charge in [0.05, 0.1) is 19.8 Å². The fourth-order valence-electron chi connectivity index (χ4n) is 2.54. The maximum absolute atomic E-state index is 12.5. The molecule has 0 aliphatic carbocycles. The molecule has 1 rings (SSSR count). The zero-order valence-electron chi connectivity index (χ0n) is 21.4. The van der Waals surface area contributed by atoms with Crippen molar-refractivity contribution in [1.29, 1.82) is 0 Å². The second-order valence-corrected chi connectivity index (χ2v) is 8.08. The van der Waals surface area contributed by atoms with Crippen LogP contribution in [0, 0.1) is 5.92 Å². The highest BCUT2D eigenvalue weighted by atomic mass is 16.7. The minimum absolute atomic E-state index is 0.00388. The minimum Gasteiger partial charge on any atom is -0.458 e. The summed E-state index contributed by atoms with van der Waals surface area (Å²) in [5.41, 5.74) is 6.47. The van der Waals surface area contributed by atoms with Crippen LogP contribution in [0.3, 0.4) is 0 Å². The van der Waals surface area contributed by atoms with Crippen LogP contribution in [-0.2, 0) is 34.9 Å². The Kier molecular flexibility index (Phi) is 13.1. The molecule has 1 unspecified atom stereocenters. The summed E-state index contributed by atoms with van der Waals surface area (Å²) in [6.07, 6.45) is -4.43. The summed E-state index contributed by atoms with van der Waals surface area (Å²) in [4.78, 5) is 47.7. The summed E-state index contributed by atoms with van der Waals surface area (Å²) in [6.45, 7) is 10.4. The molecule has 0 saturated heterocycles. The summed E-state index contributed by atoms with van der Waals surface area (Å²) < 4.78 is 35.0. The van der Waals surface area contributed by atoms with Crippen molar-refractivity contribution in [1.82, 2.24) is 0 Å². The van der Waals surface area contributed by atoms with Crippen molar-refractivity contribution in [2.45, 2.75) is 66.2 Å². The highest BCUT2D eigenvalue weighted by molar-refractivity contribution is 5.76. The minimum atomic E-state index is -1.10. The smallest absolute Gasteiger partial charge is 0.458 e. The molecule has 0 spiro atoms. The van der Waals surface area contributed by atoms with Gasteiger partial charge in [0, 0.05) is 0 Å². The first-order chi connectivity index (χ1) is 17.0. The molecular formula is C24H35NO11. The van der Waals surface area contributed by atoms with Crippen LogP contribution in [-0.4, -0.2) is 62.5 Å². The summed E-state index contributed by atoms with van der Waals surface area (Å²) in [5, 5.41) is 0. The number of rotatable bonds is 12. The van der Waals surface area contributed by atoms with E-state index in [2.05, 4.69) is 0 Å². The summed E-state index contributed by atoms with van der Waals surface area (Å²) in [7, 11) is 0. The van der Waals surface area contributed by atoms with E-state index in [1.165, 1.54) is 18.2 Å². The molecule has 202 valence electrons. The Bertz CT molecular complexity index is 887. The van der Waals surface area contributed by atoms with Crippen molar-refractivity contribution < 1.29 is 52.3 Å². The van der Waals surface area contributed by atoms with E-state index >= 15 is 0 Å². The first kappa shape index (κ1) is 30.5. The molecule has 3 atom stereocenters. The number of carbonyl (C=O) groups is 4. The number of hydrogen-bond acceptors (Lipinski definition) is 12. The van der Waals surface area contributed by atoms with Crippen molar-refractivity contribution >= 4 is 24.4 Å². The van der Waals surface area contributed by atoms with Crippen molar-refractivity contribution in [3.63, 3.8) is 0 Å². The van der Waals surface area contributed by atoms with Crippen molar-refractivity contribution in [3.05, 3.63) is 23.8 Å². The average Bonchev–Trinajstić information content (AvgIpc) is 2.79. The van der Waals surface area contributed by atoms with Crippen LogP contribution >= 0.6 is 0 Å². The van der Waals surface area contributed by atoms with Crippen LogP contribution < -0.4 is 15.2 Å². The molecule has 36 heavy (non-hydrogen) atoms. The van der Waals surface area contributed by atoms with Gasteiger partial charge in [-0.2, -0.15) is 0 Å². The third-order valence-corrected chi connectivity index (χ3v) is 4.46. The van der Waals surface area contributed by atoms with Gasteiger partial charge in [-0.15, -0.1) is 0 Å². The van der Waals surface area contributed by atoms with Gasteiger partial charge < -0.3 is 38.9 Å². The van der Waals surface area contributed by atoms with E-state index in [0.29, 0.717) is 5.56 Å². The zero-order valence-corrected chi connectivity index (χ0v) is 21.4. The Labute approximate surface area is 210 Å². The van der Waals surface area contributed by atoms with E-state index in [1.54, 1.807) is 27.7 Å². The van der Waals surface area contributed by atoms with Crippen LogP contribution in [0.4, 0.5) is 14.4 Å². The average molecular weight is 514 g/mol. The van der Waals surface area contributed by atoms with Crippen LogP contribution in [0.2, 0.25) is 0 Å². The highest BCUT2D eigenvalue weighted by Gasteiger charge is 2.25. The maximum Gasteiger partial charge on any atom is 0.513 e. The molecule has 0 aliphatic rings. The van der Waals surface area contributed by atoms with Gasteiger partial charge in [0.1, 0.15) is 18.2 Å². The number of ether oxygens (including phenoxy) is 7. The Hall–Kier alpha value is -3.54. The quantitative estimate of drug-likeness (QED) is 0.245. The van der Waals surface area contributed by atoms with Crippen molar-refractivity contribution in [2.75, 3.05) is 19.8 Å². The molecule has 0 aromatic heterocycles. The van der Waals surface area contributed by atoms with Gasteiger partial charge in [0.15, 0.2) is 11.5 Å². The highest BCUT2D eigenvalue weighted by Crippen LogP contribution is 2.30. The fraction of sp³-hybridized carbons (Fsp3) is 0.583. The predicted octanol–water partition coefficient (Wildman–Crippen LogP) is 3.76. The number of benzene rings is 1. The molecule has 0 bridgehead atoms. The molecule has 0 radical (unpaired) electrons. The third kappa shape index (κ3) is 11.3. The van der Waals surface area contributed by atoms with Gasteiger partial charge >= 0.3 is 24.4 Å². The van der Waals surface area contributed by atoms with Crippen molar-refractivity contribution in [3.8, 4) is 11.5 Å². The lowest BCUT2D eigenvalue weighted by atomic mass is 10.1. The van der Waals surface area contributed by atoms with Gasteiger partial charge in [-0.05, 0) is 57.7 Å². The van der Waals surface area contributed by atoms with E-state index in [4.69, 9.17) is 38.9 Å². The molecule has 0 aliphatic heterocycles. The van der Waals surface area contributed by atoms with E-state index in [1.807, 2.05) is 13.8 Å². The van der Waals surface area contributed by atoms with Crippen LogP contribution in [0.25, 0.3) is 0 Å². The Morgan fingerprint density at radius 2 is 1.33 bits per heavy atom. The largest absolute Gasteiger partial charge is 0.513 e. The molecule has 0 heterocycles. The standard InChI is InChI=1S/C24H35NO11/c1-7-30-22(27)35-19-10-9-17(12-20(19)36-23(28)31-8-2)11-18(25)21(26)33-15(5)16(6)34-24(29)32-13-14(3)4/h9-10,12,14-16,18H,7-8,11,13,25H2,1-6H3/t15-,16?,18+/m1/s1. The van der Waals surface area contributed by atoms with Gasteiger partial charge in [0.2, 0.25) is 0 Å². The maximum atomic E-state index is 12.5. The van der Waals surface area contributed by atoms with E-state index in [0.717, 1.165) is 0 Å². The van der Waals surface area contributed by atoms with Gasteiger partial charge in [-0.3, -0.25) is 4.79 Å². The van der Waals surface area contributed by atoms with E-state index in [9.17, 15) is 19.2 Å². The first-order valence-corrected chi connectivity index (χ1v) is 11.6. The third-order valence-electron chi connectivity index (χ3n) is 4.46. The van der Waals surface area contributed by atoms with E-state index < -0.39 is 42.7 Å². The number of hydrogen-bond donors (Lipinski definition) is 1. The zero-order chi connectivity index (χ0) is 27.3. The van der Waals surface area contributed by atoms with E-state index in [-0.39, 0.29) is 43.7 Å². The Morgan fingerprint density at radius 3 is 1.89 bits per heavy atom.